The van der Waals surface area contributed by atoms with E-state index in [0.29, 0.717) is 5.56 Å². The van der Waals surface area contributed by atoms with Crippen LogP contribution in [0.5, 0.6) is 0 Å². The van der Waals surface area contributed by atoms with Gasteiger partial charge in [0, 0.05) is 31.1 Å². The Balaban J connectivity index is 1.53. The van der Waals surface area contributed by atoms with Crippen molar-refractivity contribution < 1.29 is 58.6 Å². The molecule has 1 heterocycles. The summed E-state index contributed by atoms with van der Waals surface area (Å²) in [6.45, 7) is 8.76. The molecule has 1 saturated heterocycles. The Bertz CT molecular complexity index is 1740. The highest BCUT2D eigenvalue weighted by molar-refractivity contribution is 5.94. The van der Waals surface area contributed by atoms with E-state index in [1.165, 1.54) is 26.0 Å². The van der Waals surface area contributed by atoms with Crippen molar-refractivity contribution in [3.8, 4) is 0 Å². The summed E-state index contributed by atoms with van der Waals surface area (Å²) >= 11 is 0. The number of ether oxygens (including phenoxy) is 4. The standard InChI is InChI=1S/C39H46O12/c1-20(23-13-9-7-10-14-23)29(42)35(46)49-25-18-39(47)33(50-34(45)24-15-11-8-12-16-24)31-37(6,32(44)30(43)28(21(25)2)36(39,4)5)26(41)17-27-38(31,19-48-27)51-22(3)40/h7-16,20,25-27,29-31,33,41-43,47H,17-19H2,1-6H3/t20-,25?,26-,27+,29+,30+,31-,33-,37+,38-,39+/m0/s1. The summed E-state index contributed by atoms with van der Waals surface area (Å²) in [7, 11) is 0. The van der Waals surface area contributed by atoms with Crippen LogP contribution in [0.1, 0.15) is 76.2 Å². The molecule has 4 aliphatic rings. The molecule has 3 fully saturated rings. The summed E-state index contributed by atoms with van der Waals surface area (Å²) in [4.78, 5) is 55.1. The molecule has 2 aromatic carbocycles. The number of rotatable bonds is 7. The third-order valence-electron chi connectivity index (χ3n) is 12.2. The van der Waals surface area contributed by atoms with Crippen LogP contribution in [0.4, 0.5) is 0 Å². The lowest BCUT2D eigenvalue weighted by Gasteiger charge is -2.67. The molecule has 6 rings (SSSR count). The maximum absolute atomic E-state index is 14.8. The van der Waals surface area contributed by atoms with Crippen LogP contribution in [-0.4, -0.2) is 98.6 Å². The minimum Gasteiger partial charge on any atom is -0.456 e. The van der Waals surface area contributed by atoms with E-state index < -0.39 is 101 Å². The molecule has 274 valence electrons. The molecular formula is C39H46O12. The molecule has 12 heteroatoms. The Kier molecular flexibility index (Phi) is 9.34. The molecule has 11 atom stereocenters. The van der Waals surface area contributed by atoms with E-state index in [0.717, 1.165) is 0 Å². The van der Waals surface area contributed by atoms with Gasteiger partial charge in [0.15, 0.2) is 17.5 Å². The van der Waals surface area contributed by atoms with Gasteiger partial charge in [0.2, 0.25) is 0 Å². The molecule has 2 bridgehead atoms. The lowest BCUT2D eigenvalue weighted by molar-refractivity contribution is -0.346. The highest BCUT2D eigenvalue weighted by atomic mass is 16.6. The minimum atomic E-state index is -2.24. The fourth-order valence-corrected chi connectivity index (χ4v) is 9.13. The van der Waals surface area contributed by atoms with Crippen LogP contribution in [0, 0.1) is 16.7 Å². The van der Waals surface area contributed by atoms with Gasteiger partial charge in [-0.05, 0) is 42.7 Å². The Morgan fingerprint density at radius 2 is 1.57 bits per heavy atom. The quantitative estimate of drug-likeness (QED) is 0.188. The summed E-state index contributed by atoms with van der Waals surface area (Å²) in [5, 5.41) is 48.2. The molecule has 3 aliphatic carbocycles. The molecule has 4 N–H and O–H groups in total. The number of fused-ring (bicyclic) bond motifs is 5. The van der Waals surface area contributed by atoms with E-state index >= 15 is 0 Å². The smallest absolute Gasteiger partial charge is 0.338 e. The van der Waals surface area contributed by atoms with Gasteiger partial charge in [-0.25, -0.2) is 9.59 Å². The predicted molar refractivity (Wildman–Crippen MR) is 180 cm³/mol. The summed E-state index contributed by atoms with van der Waals surface area (Å²) < 4.78 is 24.0. The molecular weight excluding hydrogens is 660 g/mol. The van der Waals surface area contributed by atoms with E-state index in [4.69, 9.17) is 18.9 Å². The Hall–Kier alpha value is -3.94. The number of aliphatic hydroxyl groups is 4. The second-order valence-corrected chi connectivity index (χ2v) is 15.2. The number of ketones is 1. The van der Waals surface area contributed by atoms with Gasteiger partial charge in [-0.3, -0.25) is 9.59 Å². The third-order valence-corrected chi connectivity index (χ3v) is 12.2. The zero-order chi connectivity index (χ0) is 37.3. The molecule has 12 nitrogen and oxygen atoms in total. The molecule has 1 unspecified atom stereocenters. The van der Waals surface area contributed by atoms with Crippen LogP contribution in [0.25, 0.3) is 0 Å². The third kappa shape index (κ3) is 5.54. The Morgan fingerprint density at radius 1 is 0.961 bits per heavy atom. The largest absolute Gasteiger partial charge is 0.456 e. The maximum atomic E-state index is 14.8. The van der Waals surface area contributed by atoms with Crippen LogP contribution in [0.15, 0.2) is 71.8 Å². The lowest BCUT2D eigenvalue weighted by Crippen LogP contribution is -2.81. The summed E-state index contributed by atoms with van der Waals surface area (Å²) in [5.74, 6) is -5.58. The van der Waals surface area contributed by atoms with Gasteiger partial charge in [-0.1, -0.05) is 69.3 Å². The number of aliphatic hydroxyl groups excluding tert-OH is 3. The normalized spacial score (nSPS) is 36.5. The zero-order valence-electron chi connectivity index (χ0n) is 29.6. The van der Waals surface area contributed by atoms with Crippen molar-refractivity contribution >= 4 is 23.7 Å². The minimum absolute atomic E-state index is 0.0193. The average Bonchev–Trinajstić information content (AvgIpc) is 3.09. The first-order valence-electron chi connectivity index (χ1n) is 17.3. The number of Topliss-reactive ketones (excluding diaryl/α,β-unsaturated/α-hetero) is 1. The number of carbonyl (C=O) groups is 4. The van der Waals surface area contributed by atoms with Crippen molar-refractivity contribution in [2.24, 2.45) is 16.7 Å². The number of hydrogen-bond acceptors (Lipinski definition) is 12. The van der Waals surface area contributed by atoms with Gasteiger partial charge in [-0.15, -0.1) is 0 Å². The molecule has 0 aromatic heterocycles. The van der Waals surface area contributed by atoms with Gasteiger partial charge in [0.25, 0.3) is 0 Å². The lowest BCUT2D eigenvalue weighted by atomic mass is 9.44. The second kappa shape index (κ2) is 12.9. The van der Waals surface area contributed by atoms with Crippen molar-refractivity contribution in [2.75, 3.05) is 6.61 Å². The Labute approximate surface area is 296 Å². The first kappa shape index (κ1) is 36.8. The first-order valence-corrected chi connectivity index (χ1v) is 17.3. The van der Waals surface area contributed by atoms with Crippen LogP contribution >= 0.6 is 0 Å². The first-order chi connectivity index (χ1) is 23.9. The fraction of sp³-hybridized carbons (Fsp3) is 0.538. The molecule has 0 radical (unpaired) electrons. The summed E-state index contributed by atoms with van der Waals surface area (Å²) in [5.41, 5.74) is -6.32. The van der Waals surface area contributed by atoms with Crippen molar-refractivity contribution in [3.05, 3.63) is 82.9 Å². The van der Waals surface area contributed by atoms with Crippen molar-refractivity contribution in [2.45, 2.75) is 108 Å². The van der Waals surface area contributed by atoms with E-state index in [1.54, 1.807) is 76.2 Å². The van der Waals surface area contributed by atoms with Gasteiger partial charge in [0.05, 0.1) is 29.6 Å². The van der Waals surface area contributed by atoms with E-state index in [9.17, 15) is 39.6 Å². The highest BCUT2D eigenvalue weighted by Crippen LogP contribution is 2.64. The zero-order valence-corrected chi connectivity index (χ0v) is 29.6. The van der Waals surface area contributed by atoms with E-state index in [2.05, 4.69) is 0 Å². The molecule has 2 aromatic rings. The topological polar surface area (TPSA) is 186 Å². The van der Waals surface area contributed by atoms with Gasteiger partial charge >= 0.3 is 17.9 Å². The molecule has 1 aliphatic heterocycles. The van der Waals surface area contributed by atoms with Gasteiger partial charge in [-0.2, -0.15) is 0 Å². The van der Waals surface area contributed by atoms with Gasteiger partial charge < -0.3 is 39.4 Å². The Morgan fingerprint density at radius 3 is 2.14 bits per heavy atom. The molecule has 0 spiro atoms. The number of esters is 3. The fourth-order valence-electron chi connectivity index (χ4n) is 9.13. The van der Waals surface area contributed by atoms with Crippen LogP contribution < -0.4 is 0 Å². The average molecular weight is 707 g/mol. The van der Waals surface area contributed by atoms with Crippen molar-refractivity contribution in [1.29, 1.82) is 0 Å². The molecule has 0 amide bonds. The van der Waals surface area contributed by atoms with Crippen LogP contribution in [0.3, 0.4) is 0 Å². The number of carbonyl (C=O) groups excluding carboxylic acids is 4. The summed E-state index contributed by atoms with van der Waals surface area (Å²) in [6, 6.07) is 16.9. The van der Waals surface area contributed by atoms with Crippen LogP contribution in [0.2, 0.25) is 0 Å². The predicted octanol–water partition coefficient (Wildman–Crippen LogP) is 2.80. The van der Waals surface area contributed by atoms with Gasteiger partial charge in [0.1, 0.15) is 30.0 Å². The molecule has 2 saturated carbocycles. The van der Waals surface area contributed by atoms with Crippen LogP contribution in [-0.2, 0) is 33.3 Å². The van der Waals surface area contributed by atoms with E-state index in [1.807, 2.05) is 0 Å². The molecule has 51 heavy (non-hydrogen) atoms. The monoisotopic (exact) mass is 706 g/mol. The van der Waals surface area contributed by atoms with Crippen molar-refractivity contribution in [1.82, 2.24) is 0 Å². The summed E-state index contributed by atoms with van der Waals surface area (Å²) in [6.07, 6.45) is -9.53. The van der Waals surface area contributed by atoms with E-state index in [-0.39, 0.29) is 29.7 Å². The van der Waals surface area contributed by atoms with Crippen molar-refractivity contribution in [3.63, 3.8) is 0 Å². The highest BCUT2D eigenvalue weighted by Gasteiger charge is 2.78. The SMILES string of the molecule is CC(=O)O[C@@]12CO[C@@H]1C[C@H](O)[C@@]1(C)C(=O)[C@H](O)C3=C(C)C(OC(=O)[C@H](O)[C@@H](C)c4ccccc4)C[C@@](O)([C@@H](OC(=O)c4ccccc4)[C@H]21)C3(C)C. The second-order valence-electron chi connectivity index (χ2n) is 15.2. The number of benzene rings is 2. The maximum Gasteiger partial charge on any atom is 0.338 e. The number of hydrogen-bond donors (Lipinski definition) is 4.